The summed E-state index contributed by atoms with van der Waals surface area (Å²) < 4.78 is 0. The smallest absolute Gasteiger partial charge is 0.0578 e. The Morgan fingerprint density at radius 3 is 2.50 bits per heavy atom. The first-order valence-corrected chi connectivity index (χ1v) is 5.45. The van der Waals surface area contributed by atoms with E-state index >= 15 is 0 Å². The Hall–Kier alpha value is -1.67. The first kappa shape index (κ1) is 10.8. The molecule has 0 aliphatic heterocycles. The standard InChI is InChI=1S/C14H16N2/c1-11-10-16-9-8-13(11)14(15-2)12-6-4-3-5-7-12/h3-10,14-15H,1-2H3. The van der Waals surface area contributed by atoms with Crippen molar-refractivity contribution in [2.45, 2.75) is 13.0 Å². The molecule has 0 saturated heterocycles. The third-order valence-corrected chi connectivity index (χ3v) is 2.80. The Bertz CT molecular complexity index is 451. The summed E-state index contributed by atoms with van der Waals surface area (Å²) in [6, 6.07) is 12.8. The highest BCUT2D eigenvalue weighted by Crippen LogP contribution is 2.23. The first-order valence-electron chi connectivity index (χ1n) is 5.45. The van der Waals surface area contributed by atoms with Crippen molar-refractivity contribution in [3.05, 3.63) is 65.5 Å². The Kier molecular flexibility index (Phi) is 3.32. The quantitative estimate of drug-likeness (QED) is 0.846. The van der Waals surface area contributed by atoms with E-state index in [1.165, 1.54) is 16.7 Å². The monoisotopic (exact) mass is 212 g/mol. The predicted molar refractivity (Wildman–Crippen MR) is 66.3 cm³/mol. The maximum atomic E-state index is 4.13. The van der Waals surface area contributed by atoms with Crippen LogP contribution >= 0.6 is 0 Å². The van der Waals surface area contributed by atoms with Crippen LogP contribution in [0.4, 0.5) is 0 Å². The molecule has 0 spiro atoms. The summed E-state index contributed by atoms with van der Waals surface area (Å²) in [7, 11) is 1.98. The average molecular weight is 212 g/mol. The molecule has 0 saturated carbocycles. The lowest BCUT2D eigenvalue weighted by molar-refractivity contribution is 0.686. The van der Waals surface area contributed by atoms with Crippen molar-refractivity contribution in [3.63, 3.8) is 0 Å². The lowest BCUT2D eigenvalue weighted by atomic mass is 9.97. The van der Waals surface area contributed by atoms with E-state index < -0.39 is 0 Å². The van der Waals surface area contributed by atoms with E-state index in [-0.39, 0.29) is 6.04 Å². The molecule has 1 N–H and O–H groups in total. The maximum absolute atomic E-state index is 4.13. The summed E-state index contributed by atoms with van der Waals surface area (Å²) in [6.45, 7) is 2.09. The summed E-state index contributed by atoms with van der Waals surface area (Å²) in [5, 5.41) is 3.35. The van der Waals surface area contributed by atoms with Gasteiger partial charge in [0.1, 0.15) is 0 Å². The fourth-order valence-corrected chi connectivity index (χ4v) is 1.96. The number of nitrogens with zero attached hydrogens (tertiary/aromatic N) is 1. The van der Waals surface area contributed by atoms with Crippen LogP contribution in [0.1, 0.15) is 22.7 Å². The van der Waals surface area contributed by atoms with E-state index in [0.717, 1.165) is 0 Å². The summed E-state index contributed by atoms with van der Waals surface area (Å²) in [5.74, 6) is 0. The summed E-state index contributed by atoms with van der Waals surface area (Å²) in [6.07, 6.45) is 3.75. The van der Waals surface area contributed by atoms with Crippen molar-refractivity contribution in [2.24, 2.45) is 0 Å². The first-order chi connectivity index (χ1) is 7.83. The van der Waals surface area contributed by atoms with Gasteiger partial charge in [-0.3, -0.25) is 4.98 Å². The zero-order valence-electron chi connectivity index (χ0n) is 9.64. The fourth-order valence-electron chi connectivity index (χ4n) is 1.96. The molecule has 16 heavy (non-hydrogen) atoms. The number of aryl methyl sites for hydroxylation is 1. The number of aromatic nitrogens is 1. The van der Waals surface area contributed by atoms with Crippen LogP contribution in [0.5, 0.6) is 0 Å². The van der Waals surface area contributed by atoms with E-state index in [4.69, 9.17) is 0 Å². The third kappa shape index (κ3) is 2.12. The molecule has 0 bridgehead atoms. The van der Waals surface area contributed by atoms with Gasteiger partial charge in [0, 0.05) is 12.4 Å². The van der Waals surface area contributed by atoms with Gasteiger partial charge in [-0.05, 0) is 36.7 Å². The summed E-state index contributed by atoms with van der Waals surface area (Å²) >= 11 is 0. The molecular weight excluding hydrogens is 196 g/mol. The van der Waals surface area contributed by atoms with Crippen molar-refractivity contribution in [1.29, 1.82) is 0 Å². The van der Waals surface area contributed by atoms with E-state index in [2.05, 4.69) is 47.6 Å². The molecule has 0 amide bonds. The zero-order valence-corrected chi connectivity index (χ0v) is 9.64. The van der Waals surface area contributed by atoms with Gasteiger partial charge < -0.3 is 5.32 Å². The SMILES string of the molecule is CNC(c1ccccc1)c1ccncc1C. The van der Waals surface area contributed by atoms with Crippen LogP contribution in [0, 0.1) is 6.92 Å². The van der Waals surface area contributed by atoms with E-state index in [9.17, 15) is 0 Å². The van der Waals surface area contributed by atoms with Crippen molar-refractivity contribution in [1.82, 2.24) is 10.3 Å². The molecule has 1 unspecified atom stereocenters. The Morgan fingerprint density at radius 1 is 1.12 bits per heavy atom. The van der Waals surface area contributed by atoms with Crippen molar-refractivity contribution >= 4 is 0 Å². The van der Waals surface area contributed by atoms with Crippen LogP contribution in [0.15, 0.2) is 48.8 Å². The minimum absolute atomic E-state index is 0.240. The van der Waals surface area contributed by atoms with Crippen molar-refractivity contribution in [3.8, 4) is 0 Å². The van der Waals surface area contributed by atoms with Gasteiger partial charge in [0.25, 0.3) is 0 Å². The minimum atomic E-state index is 0.240. The molecule has 2 aromatic rings. The van der Waals surface area contributed by atoms with Gasteiger partial charge in [0.15, 0.2) is 0 Å². The van der Waals surface area contributed by atoms with Gasteiger partial charge >= 0.3 is 0 Å². The van der Waals surface area contributed by atoms with Gasteiger partial charge in [-0.1, -0.05) is 30.3 Å². The predicted octanol–water partition coefficient (Wildman–Crippen LogP) is 2.70. The van der Waals surface area contributed by atoms with Crippen LogP contribution < -0.4 is 5.32 Å². The van der Waals surface area contributed by atoms with Gasteiger partial charge in [0.05, 0.1) is 6.04 Å². The second-order valence-corrected chi connectivity index (χ2v) is 3.86. The fraction of sp³-hybridized carbons (Fsp3) is 0.214. The molecule has 1 atom stereocenters. The highest BCUT2D eigenvalue weighted by molar-refractivity contribution is 5.34. The van der Waals surface area contributed by atoms with Gasteiger partial charge in [0.2, 0.25) is 0 Å². The average Bonchev–Trinajstić information content (AvgIpc) is 2.34. The highest BCUT2D eigenvalue weighted by Gasteiger charge is 2.12. The largest absolute Gasteiger partial charge is 0.309 e. The molecular formula is C14H16N2. The summed E-state index contributed by atoms with van der Waals surface area (Å²) in [4.78, 5) is 4.13. The van der Waals surface area contributed by atoms with Crippen molar-refractivity contribution in [2.75, 3.05) is 7.05 Å². The molecule has 0 aliphatic carbocycles. The molecule has 2 nitrogen and oxygen atoms in total. The Balaban J connectivity index is 2.41. The molecule has 1 aromatic carbocycles. The second-order valence-electron chi connectivity index (χ2n) is 3.86. The van der Waals surface area contributed by atoms with Crippen LogP contribution in [0.2, 0.25) is 0 Å². The Morgan fingerprint density at radius 2 is 1.88 bits per heavy atom. The van der Waals surface area contributed by atoms with E-state index in [1.54, 1.807) is 0 Å². The molecule has 2 heteroatoms. The minimum Gasteiger partial charge on any atom is -0.309 e. The van der Waals surface area contributed by atoms with Crippen LogP contribution in [0.25, 0.3) is 0 Å². The Labute approximate surface area is 96.4 Å². The molecule has 0 fully saturated rings. The lowest BCUT2D eigenvalue weighted by Crippen LogP contribution is -2.18. The maximum Gasteiger partial charge on any atom is 0.0578 e. The molecule has 0 radical (unpaired) electrons. The lowest BCUT2D eigenvalue weighted by Gasteiger charge is -2.18. The normalized spacial score (nSPS) is 12.4. The topological polar surface area (TPSA) is 24.9 Å². The number of nitrogens with one attached hydrogen (secondary N) is 1. The zero-order chi connectivity index (χ0) is 11.4. The third-order valence-electron chi connectivity index (χ3n) is 2.80. The second kappa shape index (κ2) is 4.90. The highest BCUT2D eigenvalue weighted by atomic mass is 14.9. The molecule has 1 heterocycles. The number of pyridine rings is 1. The molecule has 0 aliphatic rings. The van der Waals surface area contributed by atoms with Gasteiger partial charge in [-0.25, -0.2) is 0 Å². The number of hydrogen-bond donors (Lipinski definition) is 1. The van der Waals surface area contributed by atoms with Crippen LogP contribution in [-0.2, 0) is 0 Å². The van der Waals surface area contributed by atoms with Crippen molar-refractivity contribution < 1.29 is 0 Å². The molecule has 82 valence electrons. The number of hydrogen-bond acceptors (Lipinski definition) is 2. The molecule has 1 aromatic heterocycles. The van der Waals surface area contributed by atoms with Crippen LogP contribution in [0.3, 0.4) is 0 Å². The van der Waals surface area contributed by atoms with E-state index in [1.807, 2.05) is 25.5 Å². The van der Waals surface area contributed by atoms with E-state index in [0.29, 0.717) is 0 Å². The van der Waals surface area contributed by atoms with Gasteiger partial charge in [-0.2, -0.15) is 0 Å². The number of rotatable bonds is 3. The summed E-state index contributed by atoms with van der Waals surface area (Å²) in [5.41, 5.74) is 3.77. The van der Waals surface area contributed by atoms with Crippen LogP contribution in [-0.4, -0.2) is 12.0 Å². The van der Waals surface area contributed by atoms with Gasteiger partial charge in [-0.15, -0.1) is 0 Å². The number of benzene rings is 1. The molecule has 2 rings (SSSR count).